The van der Waals surface area contributed by atoms with E-state index in [1.165, 1.54) is 0 Å². The molecular formula is C12H16N2OS. The van der Waals surface area contributed by atoms with E-state index in [0.717, 1.165) is 28.6 Å². The number of pyridine rings is 1. The fourth-order valence-corrected chi connectivity index (χ4v) is 2.34. The van der Waals surface area contributed by atoms with Gasteiger partial charge in [0.1, 0.15) is 11.1 Å². The first-order valence-corrected chi connectivity index (χ1v) is 6.26. The normalized spacial score (nSPS) is 10.1. The fraction of sp³-hybridized carbons (Fsp3) is 0.500. The molecule has 1 aromatic rings. The van der Waals surface area contributed by atoms with Gasteiger partial charge < -0.3 is 4.74 Å². The summed E-state index contributed by atoms with van der Waals surface area (Å²) >= 11 is 1.58. The minimum Gasteiger partial charge on any atom is -0.381 e. The molecule has 0 fully saturated rings. The van der Waals surface area contributed by atoms with Crippen LogP contribution in [0.3, 0.4) is 0 Å². The van der Waals surface area contributed by atoms with Gasteiger partial charge >= 0.3 is 0 Å². The van der Waals surface area contributed by atoms with Gasteiger partial charge in [0.05, 0.1) is 12.2 Å². The predicted molar refractivity (Wildman–Crippen MR) is 65.6 cm³/mol. The Morgan fingerprint density at radius 1 is 1.50 bits per heavy atom. The van der Waals surface area contributed by atoms with E-state index in [2.05, 4.69) is 11.1 Å². The van der Waals surface area contributed by atoms with Crippen molar-refractivity contribution in [3.63, 3.8) is 0 Å². The number of aromatic nitrogens is 1. The molecule has 0 radical (unpaired) electrons. The Morgan fingerprint density at radius 2 is 2.25 bits per heavy atom. The van der Waals surface area contributed by atoms with Gasteiger partial charge in [-0.1, -0.05) is 0 Å². The Balaban J connectivity index is 2.75. The second kappa shape index (κ2) is 6.51. The molecule has 86 valence electrons. The van der Waals surface area contributed by atoms with Crippen molar-refractivity contribution in [1.82, 2.24) is 4.98 Å². The summed E-state index contributed by atoms with van der Waals surface area (Å²) in [7, 11) is 0. The molecule has 0 aliphatic carbocycles. The van der Waals surface area contributed by atoms with E-state index in [1.54, 1.807) is 11.8 Å². The van der Waals surface area contributed by atoms with Crippen LogP contribution in [0.4, 0.5) is 0 Å². The molecule has 3 nitrogen and oxygen atoms in total. The molecule has 0 amide bonds. The number of thioether (sulfide) groups is 1. The molecule has 0 bridgehead atoms. The average molecular weight is 236 g/mol. The summed E-state index contributed by atoms with van der Waals surface area (Å²) in [6.45, 7) is 7.29. The van der Waals surface area contributed by atoms with E-state index < -0.39 is 0 Å². The van der Waals surface area contributed by atoms with E-state index in [-0.39, 0.29) is 0 Å². The molecule has 0 aromatic carbocycles. The van der Waals surface area contributed by atoms with Crippen LogP contribution in [-0.2, 0) is 4.74 Å². The zero-order valence-corrected chi connectivity index (χ0v) is 10.7. The molecule has 0 saturated carbocycles. The quantitative estimate of drug-likeness (QED) is 0.582. The van der Waals surface area contributed by atoms with Gasteiger partial charge in [-0.15, -0.1) is 11.8 Å². The molecule has 0 unspecified atom stereocenters. The van der Waals surface area contributed by atoms with Crippen LogP contribution in [-0.4, -0.2) is 24.0 Å². The summed E-state index contributed by atoms with van der Waals surface area (Å²) in [5.41, 5.74) is 2.64. The van der Waals surface area contributed by atoms with Gasteiger partial charge in [-0.3, -0.25) is 0 Å². The second-order valence-electron chi connectivity index (χ2n) is 3.42. The van der Waals surface area contributed by atoms with Gasteiger partial charge in [0, 0.05) is 18.1 Å². The molecule has 1 heterocycles. The number of hydrogen-bond donors (Lipinski definition) is 0. The molecule has 1 rings (SSSR count). The van der Waals surface area contributed by atoms with Crippen LogP contribution in [0.2, 0.25) is 0 Å². The third-order valence-corrected chi connectivity index (χ3v) is 3.03. The molecule has 1 aromatic heterocycles. The smallest absolute Gasteiger partial charge is 0.114 e. The van der Waals surface area contributed by atoms with Crippen molar-refractivity contribution < 1.29 is 4.74 Å². The van der Waals surface area contributed by atoms with Crippen molar-refractivity contribution in [3.05, 3.63) is 22.9 Å². The molecule has 0 atom stereocenters. The molecule has 0 aliphatic heterocycles. The minimum absolute atomic E-state index is 0.687. The highest BCUT2D eigenvalue weighted by Gasteiger charge is 2.08. The largest absolute Gasteiger partial charge is 0.381 e. The topological polar surface area (TPSA) is 45.9 Å². The van der Waals surface area contributed by atoms with Crippen LogP contribution < -0.4 is 0 Å². The summed E-state index contributed by atoms with van der Waals surface area (Å²) in [6, 6.07) is 4.14. The van der Waals surface area contributed by atoms with Gasteiger partial charge in [0.2, 0.25) is 0 Å². The average Bonchev–Trinajstić information content (AvgIpc) is 2.24. The maximum Gasteiger partial charge on any atom is 0.114 e. The highest BCUT2D eigenvalue weighted by Crippen LogP contribution is 2.23. The number of hydrogen-bond acceptors (Lipinski definition) is 4. The number of rotatable bonds is 5. The lowest BCUT2D eigenvalue weighted by molar-refractivity contribution is 0.164. The van der Waals surface area contributed by atoms with Gasteiger partial charge in [0.15, 0.2) is 0 Å². The number of aryl methyl sites for hydroxylation is 2. The molecule has 16 heavy (non-hydrogen) atoms. The van der Waals surface area contributed by atoms with E-state index in [1.807, 2.05) is 26.8 Å². The molecular weight excluding hydrogens is 220 g/mol. The molecule has 0 spiro atoms. The Morgan fingerprint density at radius 3 is 2.88 bits per heavy atom. The minimum atomic E-state index is 0.687. The number of nitrogens with zero attached hydrogens (tertiary/aromatic N) is 2. The number of ether oxygens (including phenoxy) is 1. The molecule has 0 saturated heterocycles. The zero-order chi connectivity index (χ0) is 12.0. The van der Waals surface area contributed by atoms with Crippen molar-refractivity contribution >= 4 is 11.8 Å². The van der Waals surface area contributed by atoms with E-state index in [0.29, 0.717) is 12.2 Å². The van der Waals surface area contributed by atoms with Crippen LogP contribution in [0.5, 0.6) is 0 Å². The van der Waals surface area contributed by atoms with Crippen molar-refractivity contribution in [2.75, 3.05) is 19.0 Å². The lowest BCUT2D eigenvalue weighted by Gasteiger charge is -2.07. The van der Waals surface area contributed by atoms with Crippen LogP contribution in [0.15, 0.2) is 11.1 Å². The Kier molecular flexibility index (Phi) is 5.30. The van der Waals surface area contributed by atoms with Crippen LogP contribution in [0, 0.1) is 25.2 Å². The maximum atomic E-state index is 9.06. The highest BCUT2D eigenvalue weighted by molar-refractivity contribution is 7.99. The third kappa shape index (κ3) is 3.51. The van der Waals surface area contributed by atoms with Gasteiger partial charge in [-0.05, 0) is 32.4 Å². The van der Waals surface area contributed by atoms with Crippen molar-refractivity contribution in [1.29, 1.82) is 5.26 Å². The van der Waals surface area contributed by atoms with Gasteiger partial charge in [-0.2, -0.15) is 5.26 Å². The first-order chi connectivity index (χ1) is 7.69. The second-order valence-corrected chi connectivity index (χ2v) is 4.50. The first-order valence-electron chi connectivity index (χ1n) is 5.28. The molecule has 0 N–H and O–H groups in total. The molecule has 4 heteroatoms. The van der Waals surface area contributed by atoms with E-state index >= 15 is 0 Å². The van der Waals surface area contributed by atoms with Crippen molar-refractivity contribution in [2.45, 2.75) is 25.8 Å². The standard InChI is InChI=1S/C12H16N2OS/c1-4-15-5-6-16-12-11(8-13)9(2)7-10(3)14-12/h7H,4-6H2,1-3H3. The Hall–Kier alpha value is -1.05. The van der Waals surface area contributed by atoms with Crippen LogP contribution >= 0.6 is 11.8 Å². The van der Waals surface area contributed by atoms with Crippen molar-refractivity contribution in [2.24, 2.45) is 0 Å². The summed E-state index contributed by atoms with van der Waals surface area (Å²) in [6.07, 6.45) is 0. The fourth-order valence-electron chi connectivity index (χ4n) is 1.38. The highest BCUT2D eigenvalue weighted by atomic mass is 32.2. The summed E-state index contributed by atoms with van der Waals surface area (Å²) in [5.74, 6) is 0.832. The van der Waals surface area contributed by atoms with Crippen molar-refractivity contribution in [3.8, 4) is 6.07 Å². The van der Waals surface area contributed by atoms with E-state index in [4.69, 9.17) is 10.00 Å². The van der Waals surface area contributed by atoms with Crippen LogP contribution in [0.1, 0.15) is 23.7 Å². The Bertz CT molecular complexity index is 399. The summed E-state index contributed by atoms with van der Waals surface area (Å²) in [4.78, 5) is 4.39. The summed E-state index contributed by atoms with van der Waals surface area (Å²) < 4.78 is 5.26. The lowest BCUT2D eigenvalue weighted by Crippen LogP contribution is -1.99. The third-order valence-electron chi connectivity index (χ3n) is 2.09. The molecule has 0 aliphatic rings. The predicted octanol–water partition coefficient (Wildman–Crippen LogP) is 2.70. The zero-order valence-electron chi connectivity index (χ0n) is 9.91. The maximum absolute atomic E-state index is 9.06. The van der Waals surface area contributed by atoms with Crippen LogP contribution in [0.25, 0.3) is 0 Å². The van der Waals surface area contributed by atoms with E-state index in [9.17, 15) is 0 Å². The SMILES string of the molecule is CCOCCSc1nc(C)cc(C)c1C#N. The monoisotopic (exact) mass is 236 g/mol. The first kappa shape index (κ1) is 13.0. The van der Waals surface area contributed by atoms with Gasteiger partial charge in [-0.25, -0.2) is 4.98 Å². The Labute approximate surface area is 101 Å². The lowest BCUT2D eigenvalue weighted by atomic mass is 10.1. The number of nitriles is 1. The van der Waals surface area contributed by atoms with Gasteiger partial charge in [0.25, 0.3) is 0 Å². The summed E-state index contributed by atoms with van der Waals surface area (Å²) in [5, 5.41) is 9.88.